The van der Waals surface area contributed by atoms with Crippen molar-refractivity contribution in [1.29, 1.82) is 0 Å². The van der Waals surface area contributed by atoms with Crippen LogP contribution in [0.4, 0.5) is 9.80 Å². The average Bonchev–Trinajstić information content (AvgIpc) is 3.30. The van der Waals surface area contributed by atoms with Gasteiger partial charge in [-0.2, -0.15) is 4.31 Å². The third-order valence-corrected chi connectivity index (χ3v) is 11.1. The highest BCUT2D eigenvalue weighted by Gasteiger charge is 2.53. The van der Waals surface area contributed by atoms with Crippen LogP contribution < -0.4 is 16.4 Å². The summed E-state index contributed by atoms with van der Waals surface area (Å²) in [7, 11) is -1.75. The van der Waals surface area contributed by atoms with E-state index >= 15 is 0 Å². The molecule has 210 valence electrons. The smallest absolute Gasteiger partial charge is 0.319 e. The summed E-state index contributed by atoms with van der Waals surface area (Å²) < 4.78 is 28.8. The fourth-order valence-corrected chi connectivity index (χ4v) is 9.91. The monoisotopic (exact) mass is 573 g/mol. The van der Waals surface area contributed by atoms with Crippen LogP contribution in [-0.4, -0.2) is 61.6 Å². The molecule has 2 aliphatic heterocycles. The Kier molecular flexibility index (Phi) is 6.89. The molecule has 12 heteroatoms. The Morgan fingerprint density at radius 2 is 1.77 bits per heavy atom. The Labute approximate surface area is 233 Å². The summed E-state index contributed by atoms with van der Waals surface area (Å²) >= 11 is 1.29. The van der Waals surface area contributed by atoms with E-state index in [2.05, 4.69) is 36.3 Å². The Morgan fingerprint density at radius 1 is 1.08 bits per heavy atom. The molecule has 4 N–H and O–H groups in total. The minimum atomic E-state index is -3.72. The molecule has 39 heavy (non-hydrogen) atoms. The fraction of sp³-hybridized carbons (Fsp3) is 0.519. The van der Waals surface area contributed by atoms with Gasteiger partial charge in [0.15, 0.2) is 0 Å². The van der Waals surface area contributed by atoms with Gasteiger partial charge in [0.2, 0.25) is 10.0 Å². The van der Waals surface area contributed by atoms with Gasteiger partial charge < -0.3 is 16.0 Å². The summed E-state index contributed by atoms with van der Waals surface area (Å²) in [4.78, 5) is 40.5. The number of sulfonamides is 1. The molecule has 2 unspecified atom stereocenters. The van der Waals surface area contributed by atoms with Crippen molar-refractivity contribution in [3.8, 4) is 0 Å². The van der Waals surface area contributed by atoms with Crippen LogP contribution in [0.5, 0.6) is 0 Å². The van der Waals surface area contributed by atoms with Gasteiger partial charge >= 0.3 is 6.03 Å². The maximum atomic E-state index is 13.6. The normalized spacial score (nSPS) is 24.7. The van der Waals surface area contributed by atoms with E-state index in [-0.39, 0.29) is 32.9 Å². The number of carbonyl (C=O) groups is 3. The van der Waals surface area contributed by atoms with E-state index in [0.29, 0.717) is 24.5 Å². The first-order valence-corrected chi connectivity index (χ1v) is 15.3. The average molecular weight is 574 g/mol. The van der Waals surface area contributed by atoms with E-state index in [4.69, 9.17) is 5.73 Å². The summed E-state index contributed by atoms with van der Waals surface area (Å²) in [6.45, 7) is 8.42. The van der Waals surface area contributed by atoms with E-state index in [1.807, 2.05) is 7.05 Å². The molecular weight excluding hydrogens is 538 g/mol. The summed E-state index contributed by atoms with van der Waals surface area (Å²) in [5.41, 5.74) is 6.51. The maximum absolute atomic E-state index is 13.6. The van der Waals surface area contributed by atoms with Crippen molar-refractivity contribution in [3.05, 3.63) is 45.8 Å². The Balaban J connectivity index is 1.37. The van der Waals surface area contributed by atoms with Crippen LogP contribution in [0.25, 0.3) is 0 Å². The minimum absolute atomic E-state index is 0.0272. The number of benzene rings is 1. The second-order valence-electron chi connectivity index (χ2n) is 12.3. The molecule has 1 aliphatic carbocycles. The first-order valence-electron chi connectivity index (χ1n) is 13.0. The molecule has 1 saturated heterocycles. The predicted octanol–water partition coefficient (Wildman–Crippen LogP) is 3.39. The number of nitrogens with one attached hydrogen (secondary N) is 2. The van der Waals surface area contributed by atoms with Crippen LogP contribution in [0.3, 0.4) is 0 Å². The highest BCUT2D eigenvalue weighted by molar-refractivity contribution is 7.89. The number of rotatable bonds is 5. The number of fused-ring (bicyclic) bond motifs is 3. The number of likely N-dealkylation sites (N-methyl/N-ethyl adjacent to an activating group) is 1. The van der Waals surface area contributed by atoms with Crippen LogP contribution >= 0.6 is 11.3 Å². The number of nitrogens with zero attached hydrogens (tertiary/aromatic N) is 2. The number of hydrogen-bond donors (Lipinski definition) is 3. The molecule has 1 aromatic heterocycles. The number of carbonyl (C=O) groups excluding carboxylic acids is 3. The van der Waals surface area contributed by atoms with Crippen molar-refractivity contribution >= 4 is 44.2 Å². The van der Waals surface area contributed by atoms with Crippen LogP contribution in [0.1, 0.15) is 71.2 Å². The molecule has 0 radical (unpaired) electrons. The molecule has 0 spiro atoms. The lowest BCUT2D eigenvalue weighted by molar-refractivity contribution is 0.0965. The number of urea groups is 1. The van der Waals surface area contributed by atoms with Gasteiger partial charge in [0.05, 0.1) is 10.5 Å². The summed E-state index contributed by atoms with van der Waals surface area (Å²) in [5, 5.41) is 5.23. The van der Waals surface area contributed by atoms with Gasteiger partial charge in [0.1, 0.15) is 5.00 Å². The molecule has 3 heterocycles. The molecule has 2 atom stereocenters. The second kappa shape index (κ2) is 9.69. The molecule has 1 saturated carbocycles. The zero-order valence-corrected chi connectivity index (χ0v) is 24.3. The van der Waals surface area contributed by atoms with Gasteiger partial charge in [-0.15, -0.1) is 11.3 Å². The van der Waals surface area contributed by atoms with Crippen LogP contribution in [0.2, 0.25) is 0 Å². The summed E-state index contributed by atoms with van der Waals surface area (Å²) in [6, 6.07) is 4.91. The number of thiophene rings is 1. The Morgan fingerprint density at radius 3 is 2.44 bits per heavy atom. The molecular formula is C27H35N5O5S2. The van der Waals surface area contributed by atoms with E-state index in [0.717, 1.165) is 36.2 Å². The number of nitrogens with two attached hydrogens (primary N) is 1. The van der Waals surface area contributed by atoms with Gasteiger partial charge in [0, 0.05) is 36.1 Å². The molecule has 1 aromatic carbocycles. The lowest BCUT2D eigenvalue weighted by Crippen LogP contribution is -2.37. The lowest BCUT2D eigenvalue weighted by atomic mass is 9.65. The van der Waals surface area contributed by atoms with E-state index in [1.165, 1.54) is 35.6 Å². The van der Waals surface area contributed by atoms with E-state index in [9.17, 15) is 22.8 Å². The van der Waals surface area contributed by atoms with Crippen molar-refractivity contribution in [2.24, 2.45) is 16.6 Å². The number of imide groups is 1. The van der Waals surface area contributed by atoms with Crippen molar-refractivity contribution in [3.63, 3.8) is 0 Å². The molecule has 4 amide bonds. The molecule has 5 rings (SSSR count). The van der Waals surface area contributed by atoms with Crippen molar-refractivity contribution in [1.82, 2.24) is 14.5 Å². The summed E-state index contributed by atoms with van der Waals surface area (Å²) in [6.07, 6.45) is 3.28. The van der Waals surface area contributed by atoms with Crippen LogP contribution in [0.15, 0.2) is 29.2 Å². The van der Waals surface area contributed by atoms with Crippen molar-refractivity contribution in [2.45, 2.75) is 63.9 Å². The number of hydrogen-bond acceptors (Lipinski definition) is 7. The highest BCUT2D eigenvalue weighted by Crippen LogP contribution is 2.53. The van der Waals surface area contributed by atoms with Crippen LogP contribution in [-0.2, 0) is 23.0 Å². The molecule has 2 bridgehead atoms. The van der Waals surface area contributed by atoms with Crippen molar-refractivity contribution < 1.29 is 22.8 Å². The number of amides is 4. The lowest BCUT2D eigenvalue weighted by Gasteiger charge is -2.39. The van der Waals surface area contributed by atoms with E-state index < -0.39 is 27.9 Å². The molecule has 2 aromatic rings. The third kappa shape index (κ3) is 5.34. The third-order valence-electron chi connectivity index (χ3n) is 8.03. The van der Waals surface area contributed by atoms with Gasteiger partial charge in [-0.05, 0) is 73.4 Å². The molecule has 2 fully saturated rings. The largest absolute Gasteiger partial charge is 0.351 e. The fourth-order valence-electron chi connectivity index (χ4n) is 6.81. The SMILES string of the molecule is CN1CCc2c(sc(NC(=O)c3ccc(S(=O)(=O)N4CC5(C)CC4CC(C)(C)C5)cc3)c2C(=O)NC(N)=O)C1. The van der Waals surface area contributed by atoms with Crippen LogP contribution in [0, 0.1) is 10.8 Å². The van der Waals surface area contributed by atoms with Gasteiger partial charge in [0.25, 0.3) is 11.8 Å². The highest BCUT2D eigenvalue weighted by atomic mass is 32.2. The number of anilines is 1. The zero-order chi connectivity index (χ0) is 28.3. The zero-order valence-electron chi connectivity index (χ0n) is 22.7. The molecule has 3 aliphatic rings. The van der Waals surface area contributed by atoms with Gasteiger partial charge in [-0.3, -0.25) is 14.9 Å². The summed E-state index contributed by atoms with van der Waals surface area (Å²) in [5.74, 6) is -1.14. The standard InChI is InChI=1S/C27H35N5O5S2/c1-26(2)11-17-12-27(3,14-26)15-32(17)39(36,37)18-7-5-16(6-8-18)22(33)29-24-21(23(34)30-25(28)35)19-9-10-31(4)13-20(19)38-24/h5-8,17H,9-15H2,1-4H3,(H,29,33)(H3,28,30,34,35). The van der Waals surface area contributed by atoms with E-state index in [1.54, 1.807) is 4.31 Å². The predicted molar refractivity (Wildman–Crippen MR) is 149 cm³/mol. The maximum Gasteiger partial charge on any atom is 0.319 e. The van der Waals surface area contributed by atoms with Gasteiger partial charge in [-0.25, -0.2) is 13.2 Å². The van der Waals surface area contributed by atoms with Gasteiger partial charge in [-0.1, -0.05) is 20.8 Å². The second-order valence-corrected chi connectivity index (χ2v) is 15.3. The Bertz CT molecular complexity index is 1450. The van der Waals surface area contributed by atoms with Crippen molar-refractivity contribution in [2.75, 3.05) is 25.5 Å². The Hall–Kier alpha value is -2.80. The molecule has 10 nitrogen and oxygen atoms in total. The topological polar surface area (TPSA) is 142 Å². The quantitative estimate of drug-likeness (QED) is 0.501. The minimum Gasteiger partial charge on any atom is -0.351 e. The number of primary amides is 1. The first-order chi connectivity index (χ1) is 18.2. The first kappa shape index (κ1) is 27.8.